The van der Waals surface area contributed by atoms with E-state index in [1.54, 1.807) is 11.3 Å². The minimum absolute atomic E-state index is 0.0104. The van der Waals surface area contributed by atoms with Crippen molar-refractivity contribution in [2.45, 2.75) is 83.5 Å². The molecule has 3 unspecified atom stereocenters. The Bertz CT molecular complexity index is 3300. The van der Waals surface area contributed by atoms with Crippen LogP contribution in [-0.2, 0) is 5.41 Å². The molecule has 3 aliphatic heterocycles. The van der Waals surface area contributed by atoms with E-state index in [0.29, 0.717) is 5.82 Å². The van der Waals surface area contributed by atoms with Crippen molar-refractivity contribution in [1.29, 1.82) is 0 Å². The molecule has 65 heavy (non-hydrogen) atoms. The Balaban J connectivity index is 1.08. The van der Waals surface area contributed by atoms with Crippen molar-refractivity contribution in [2.24, 2.45) is 5.41 Å². The zero-order valence-electron chi connectivity index (χ0n) is 38.1. The van der Waals surface area contributed by atoms with Gasteiger partial charge in [0.2, 0.25) is 6.71 Å². The average molecular weight is 844 g/mol. The highest BCUT2D eigenvalue weighted by Crippen LogP contribution is 2.65. The topological polar surface area (TPSA) is 22.9 Å². The monoisotopic (exact) mass is 843 g/mol. The van der Waals surface area contributed by atoms with Crippen LogP contribution >= 0.6 is 0 Å². The van der Waals surface area contributed by atoms with Crippen LogP contribution in [0.3, 0.4) is 0 Å². The standard InChI is InChI=1S/C60H54BN3O/c1-58(2,3)39-36-51-56-52(37-39)64-57-46(59(4)34-16-17-35-60(59,64)5)27-19-28-48(57)61(56)47-33-32-42(38-50(47)63(51)41-22-10-7-11-23-41)62(40-20-8-6-9-21-40)49-29-14-12-24-43(49)44-26-18-31-54-55(44)45-25-13-15-30-53(45)65-54/h6-15,18-27,29-33,36-38,48H,16-17,28,34-35H2,1-5H3. The number of nitrogens with zero attached hydrogens (tertiary/aromatic N) is 3. The fourth-order valence-electron chi connectivity index (χ4n) is 13.0. The summed E-state index contributed by atoms with van der Waals surface area (Å²) in [7, 11) is 0. The quantitative estimate of drug-likeness (QED) is 0.161. The molecule has 5 heteroatoms. The van der Waals surface area contributed by atoms with E-state index in [0.717, 1.165) is 56.5 Å². The summed E-state index contributed by atoms with van der Waals surface area (Å²) in [6.45, 7) is 12.6. The maximum absolute atomic E-state index is 6.46. The van der Waals surface area contributed by atoms with Crippen molar-refractivity contribution in [3.8, 4) is 11.1 Å². The maximum atomic E-state index is 6.46. The second-order valence-electron chi connectivity index (χ2n) is 20.7. The molecule has 0 radical (unpaired) electrons. The lowest BCUT2D eigenvalue weighted by atomic mass is 9.29. The van der Waals surface area contributed by atoms with Crippen LogP contribution in [0, 0.1) is 5.41 Å². The van der Waals surface area contributed by atoms with Gasteiger partial charge >= 0.3 is 0 Å². The van der Waals surface area contributed by atoms with Crippen LogP contribution in [-0.4, -0.2) is 12.3 Å². The second-order valence-corrected chi connectivity index (χ2v) is 20.7. The van der Waals surface area contributed by atoms with E-state index in [-0.39, 0.29) is 23.1 Å². The van der Waals surface area contributed by atoms with Crippen LogP contribution in [0.5, 0.6) is 0 Å². The fourth-order valence-corrected chi connectivity index (χ4v) is 13.0. The Morgan fingerprint density at radius 1 is 0.662 bits per heavy atom. The van der Waals surface area contributed by atoms with E-state index in [1.807, 2.05) is 0 Å². The van der Waals surface area contributed by atoms with Gasteiger partial charge in [-0.25, -0.2) is 0 Å². The molecule has 1 aromatic heterocycles. The van der Waals surface area contributed by atoms with Gasteiger partial charge in [0.05, 0.1) is 11.2 Å². The second kappa shape index (κ2) is 13.9. The number of furan rings is 1. The molecule has 0 saturated heterocycles. The number of rotatable bonds is 5. The first-order valence-electron chi connectivity index (χ1n) is 23.9. The van der Waals surface area contributed by atoms with Crippen molar-refractivity contribution < 1.29 is 4.42 Å². The molecule has 0 bridgehead atoms. The largest absolute Gasteiger partial charge is 0.456 e. The van der Waals surface area contributed by atoms with Gasteiger partial charge < -0.3 is 19.1 Å². The predicted octanol–water partition coefficient (Wildman–Crippen LogP) is 15.2. The predicted molar refractivity (Wildman–Crippen MR) is 274 cm³/mol. The highest BCUT2D eigenvalue weighted by molar-refractivity contribution is 6.91. The van der Waals surface area contributed by atoms with Gasteiger partial charge in [-0.05, 0) is 132 Å². The third kappa shape index (κ3) is 5.39. The van der Waals surface area contributed by atoms with Crippen LogP contribution in [0.25, 0.3) is 33.1 Å². The van der Waals surface area contributed by atoms with E-state index in [2.05, 4.69) is 219 Å². The molecule has 4 heterocycles. The lowest BCUT2D eigenvalue weighted by molar-refractivity contribution is 0.153. The number of anilines is 7. The van der Waals surface area contributed by atoms with Crippen LogP contribution in [0.1, 0.15) is 72.3 Å². The molecule has 0 N–H and O–H groups in total. The van der Waals surface area contributed by atoms with Crippen LogP contribution in [0.15, 0.2) is 186 Å². The molecule has 5 aliphatic rings. The van der Waals surface area contributed by atoms with Crippen molar-refractivity contribution in [3.63, 3.8) is 0 Å². The Kier molecular flexibility index (Phi) is 8.28. The minimum atomic E-state index is -0.0560. The number of hydrogen-bond donors (Lipinski definition) is 0. The molecular weight excluding hydrogens is 789 g/mol. The van der Waals surface area contributed by atoms with E-state index < -0.39 is 0 Å². The molecule has 13 rings (SSSR count). The Morgan fingerprint density at radius 3 is 2.20 bits per heavy atom. The molecule has 1 fully saturated rings. The Morgan fingerprint density at radius 2 is 1.37 bits per heavy atom. The summed E-state index contributed by atoms with van der Waals surface area (Å²) in [5.74, 6) is 0.347. The molecule has 1 saturated carbocycles. The Labute approximate surface area is 383 Å². The summed E-state index contributed by atoms with van der Waals surface area (Å²) in [4.78, 5) is 8.01. The van der Waals surface area contributed by atoms with Gasteiger partial charge in [-0.1, -0.05) is 144 Å². The molecular formula is C60H54BN3O. The molecule has 0 spiro atoms. The minimum Gasteiger partial charge on any atom is -0.456 e. The van der Waals surface area contributed by atoms with Crippen molar-refractivity contribution in [2.75, 3.05) is 14.7 Å². The lowest BCUT2D eigenvalue weighted by Crippen LogP contribution is -2.63. The van der Waals surface area contributed by atoms with Crippen molar-refractivity contribution >= 4 is 79.4 Å². The molecule has 0 amide bonds. The summed E-state index contributed by atoms with van der Waals surface area (Å²) in [5, 5.41) is 2.27. The Hall–Kier alpha value is -6.72. The van der Waals surface area contributed by atoms with Gasteiger partial charge in [0.25, 0.3) is 0 Å². The summed E-state index contributed by atoms with van der Waals surface area (Å²) < 4.78 is 6.46. The van der Waals surface area contributed by atoms with E-state index in [4.69, 9.17) is 4.42 Å². The molecule has 3 atom stereocenters. The van der Waals surface area contributed by atoms with Crippen molar-refractivity contribution in [1.82, 2.24) is 0 Å². The summed E-state index contributed by atoms with van der Waals surface area (Å²) in [6, 6.07) is 58.5. The number of para-hydroxylation sites is 4. The number of allylic oxidation sites excluding steroid dienone is 3. The van der Waals surface area contributed by atoms with E-state index in [9.17, 15) is 0 Å². The van der Waals surface area contributed by atoms with Gasteiger partial charge in [-0.15, -0.1) is 0 Å². The maximum Gasteiger partial charge on any atom is 0.226 e. The normalized spacial score (nSPS) is 21.7. The summed E-state index contributed by atoms with van der Waals surface area (Å²) in [5.41, 5.74) is 20.2. The van der Waals surface area contributed by atoms with Crippen molar-refractivity contribution in [3.05, 3.63) is 187 Å². The van der Waals surface area contributed by atoms with Gasteiger partial charge in [0, 0.05) is 61.6 Å². The van der Waals surface area contributed by atoms with Gasteiger partial charge in [0.15, 0.2) is 0 Å². The highest BCUT2D eigenvalue weighted by Gasteiger charge is 2.63. The zero-order valence-corrected chi connectivity index (χ0v) is 38.1. The van der Waals surface area contributed by atoms with Crippen LogP contribution in [0.4, 0.5) is 39.8 Å². The highest BCUT2D eigenvalue weighted by atomic mass is 16.3. The molecule has 318 valence electrons. The number of fused-ring (bicyclic) bond motifs is 10. The molecule has 4 nitrogen and oxygen atoms in total. The third-order valence-electron chi connectivity index (χ3n) is 16.3. The fraction of sp³-hybridized carbons (Fsp3) is 0.233. The van der Waals surface area contributed by atoms with E-state index >= 15 is 0 Å². The summed E-state index contributed by atoms with van der Waals surface area (Å²) >= 11 is 0. The molecule has 7 aromatic carbocycles. The molecule has 8 aromatic rings. The first-order valence-corrected chi connectivity index (χ1v) is 23.9. The van der Waals surface area contributed by atoms with Crippen LogP contribution < -0.4 is 25.6 Å². The number of benzene rings is 7. The number of hydrogen-bond acceptors (Lipinski definition) is 4. The smallest absolute Gasteiger partial charge is 0.226 e. The lowest BCUT2D eigenvalue weighted by Gasteiger charge is -2.55. The van der Waals surface area contributed by atoms with E-state index in [1.165, 1.54) is 64.9 Å². The summed E-state index contributed by atoms with van der Waals surface area (Å²) in [6.07, 6.45) is 11.1. The first-order chi connectivity index (χ1) is 31.6. The average Bonchev–Trinajstić information content (AvgIpc) is 3.81. The van der Waals surface area contributed by atoms with Gasteiger partial charge in [-0.2, -0.15) is 0 Å². The first kappa shape index (κ1) is 38.7. The van der Waals surface area contributed by atoms with Crippen LogP contribution in [0.2, 0.25) is 5.82 Å². The zero-order chi connectivity index (χ0) is 43.8. The molecule has 2 aliphatic carbocycles. The SMILES string of the molecule is CC(C)(C)c1cc2c3c(c1)N1C4=C(C=CCC4B3c3ccc(N(c4ccccc4)c4ccccc4-c4cccc5oc6ccccc6c45)cc3N2c2ccccc2)C2(C)CCCCC12C. The third-order valence-corrected chi connectivity index (χ3v) is 16.3. The van der Waals surface area contributed by atoms with Gasteiger partial charge in [0.1, 0.15) is 11.2 Å². The van der Waals surface area contributed by atoms with Gasteiger partial charge in [-0.3, -0.25) is 0 Å².